The van der Waals surface area contributed by atoms with Crippen LogP contribution in [0.4, 0.5) is 11.4 Å². The number of para-hydroxylation sites is 1. The maximum Gasteiger partial charge on any atom is 0.272 e. The molecular weight excluding hydrogens is 248 g/mol. The van der Waals surface area contributed by atoms with Crippen LogP contribution >= 0.6 is 0 Å². The van der Waals surface area contributed by atoms with Crippen LogP contribution in [-0.4, -0.2) is 11.7 Å². The van der Waals surface area contributed by atoms with Crippen LogP contribution in [0.3, 0.4) is 0 Å². The molecule has 0 aliphatic carbocycles. The Morgan fingerprint density at radius 3 is 2.68 bits per heavy atom. The quantitative estimate of drug-likeness (QED) is 0.627. The number of phenols is 1. The van der Waals surface area contributed by atoms with Gasteiger partial charge in [-0.1, -0.05) is 6.07 Å². The van der Waals surface area contributed by atoms with Crippen molar-refractivity contribution in [3.63, 3.8) is 0 Å². The van der Waals surface area contributed by atoms with E-state index >= 15 is 0 Å². The Morgan fingerprint density at radius 2 is 2.05 bits per heavy atom. The van der Waals surface area contributed by atoms with Gasteiger partial charge in [0.15, 0.2) is 5.75 Å². The fraction of sp³-hybridized carbons (Fsp3) is 0.154. The summed E-state index contributed by atoms with van der Waals surface area (Å²) in [5.74, 6) is -0.255. The normalized spacial score (nSPS) is 10.1. The monoisotopic (exact) mass is 258 g/mol. The van der Waals surface area contributed by atoms with E-state index in [-0.39, 0.29) is 35.0 Å². The zero-order valence-corrected chi connectivity index (χ0v) is 10.1. The van der Waals surface area contributed by atoms with Crippen molar-refractivity contribution in [3.8, 4) is 17.6 Å². The first kappa shape index (κ1) is 12.6. The molecule has 0 saturated heterocycles. The number of anilines is 2. The van der Waals surface area contributed by atoms with Crippen LogP contribution in [0.2, 0.25) is 0 Å². The summed E-state index contributed by atoms with van der Waals surface area (Å²) in [6.45, 7) is 1.92. The molecule has 0 aliphatic rings. The average molecular weight is 258 g/mol. The summed E-state index contributed by atoms with van der Waals surface area (Å²) in [6.07, 6.45) is 0. The highest BCUT2D eigenvalue weighted by molar-refractivity contribution is 5.77. The Kier molecular flexibility index (Phi) is 3.21. The van der Waals surface area contributed by atoms with Crippen molar-refractivity contribution in [2.75, 3.05) is 11.9 Å². The van der Waals surface area contributed by atoms with E-state index in [9.17, 15) is 14.7 Å². The van der Waals surface area contributed by atoms with Gasteiger partial charge in [0.1, 0.15) is 17.5 Å². The Morgan fingerprint density at radius 1 is 1.32 bits per heavy atom. The molecule has 19 heavy (non-hydrogen) atoms. The molecule has 2 N–H and O–H groups in total. The average Bonchev–Trinajstić information content (AvgIpc) is 2.43. The maximum atomic E-state index is 11.4. The first-order valence-electron chi connectivity index (χ1n) is 5.55. The number of ether oxygens (including phenoxy) is 1. The topological polar surface area (TPSA) is 99.4 Å². The molecule has 0 unspecified atom stereocenters. The number of nitrogens with zero attached hydrogens (tertiary/aromatic N) is 1. The molecule has 0 spiro atoms. The minimum Gasteiger partial charge on any atom is -0.506 e. The van der Waals surface area contributed by atoms with Crippen molar-refractivity contribution in [1.82, 2.24) is 0 Å². The minimum atomic E-state index is -0.726. The predicted molar refractivity (Wildman–Crippen MR) is 68.6 cm³/mol. The Labute approximate surface area is 108 Å². The molecule has 0 fully saturated rings. The Bertz CT molecular complexity index is 736. The van der Waals surface area contributed by atoms with Crippen molar-refractivity contribution in [2.24, 2.45) is 0 Å². The molecule has 0 aliphatic heterocycles. The summed E-state index contributed by atoms with van der Waals surface area (Å²) >= 11 is 0. The number of rotatable bonds is 4. The second kappa shape index (κ2) is 4.82. The molecule has 6 heteroatoms. The second-order valence-corrected chi connectivity index (χ2v) is 3.73. The van der Waals surface area contributed by atoms with Crippen LogP contribution in [0.15, 0.2) is 27.8 Å². The van der Waals surface area contributed by atoms with Crippen molar-refractivity contribution in [2.45, 2.75) is 6.92 Å². The summed E-state index contributed by atoms with van der Waals surface area (Å²) in [7, 11) is 0. The van der Waals surface area contributed by atoms with Crippen molar-refractivity contribution in [1.29, 1.82) is 5.26 Å². The molecule has 0 aromatic heterocycles. The highest BCUT2D eigenvalue weighted by atomic mass is 16.5. The molecule has 0 heterocycles. The number of hydrogen-bond acceptors (Lipinski definition) is 6. The van der Waals surface area contributed by atoms with E-state index in [1.807, 2.05) is 6.07 Å². The highest BCUT2D eigenvalue weighted by Gasteiger charge is 2.24. The maximum absolute atomic E-state index is 11.4. The van der Waals surface area contributed by atoms with E-state index in [1.165, 1.54) is 18.2 Å². The van der Waals surface area contributed by atoms with Crippen molar-refractivity contribution in [3.05, 3.63) is 44.2 Å². The van der Waals surface area contributed by atoms with E-state index in [2.05, 4.69) is 5.32 Å². The minimum absolute atomic E-state index is 0.0372. The van der Waals surface area contributed by atoms with Gasteiger partial charge in [0, 0.05) is 0 Å². The highest BCUT2D eigenvalue weighted by Crippen LogP contribution is 2.31. The molecular formula is C13H10N2O4. The third kappa shape index (κ3) is 2.02. The second-order valence-electron chi connectivity index (χ2n) is 3.73. The Balaban J connectivity index is 2.44. The van der Waals surface area contributed by atoms with Gasteiger partial charge in [-0.05, 0) is 19.1 Å². The van der Waals surface area contributed by atoms with E-state index < -0.39 is 10.9 Å². The van der Waals surface area contributed by atoms with Crippen LogP contribution in [-0.2, 0) is 0 Å². The summed E-state index contributed by atoms with van der Waals surface area (Å²) in [4.78, 5) is 22.7. The zero-order valence-electron chi connectivity index (χ0n) is 10.1. The van der Waals surface area contributed by atoms with E-state index in [1.54, 1.807) is 6.92 Å². The van der Waals surface area contributed by atoms with Gasteiger partial charge >= 0.3 is 0 Å². The number of nitrogens with one attached hydrogen (secondary N) is 1. The third-order valence-electron chi connectivity index (χ3n) is 2.57. The molecule has 6 nitrogen and oxygen atoms in total. The molecule has 0 saturated carbocycles. The first-order valence-corrected chi connectivity index (χ1v) is 5.55. The SMILES string of the molecule is CCOc1c(Nc2c(O)cccc2C#N)c(=O)c1=O. The summed E-state index contributed by atoms with van der Waals surface area (Å²) in [5.41, 5.74) is -1.23. The molecule has 0 bridgehead atoms. The van der Waals surface area contributed by atoms with Crippen LogP contribution in [0.25, 0.3) is 0 Å². The molecule has 0 amide bonds. The summed E-state index contributed by atoms with van der Waals surface area (Å²) in [6, 6.07) is 6.24. The predicted octanol–water partition coefficient (Wildman–Crippen LogP) is 1.00. The lowest BCUT2D eigenvalue weighted by Gasteiger charge is -2.14. The van der Waals surface area contributed by atoms with Gasteiger partial charge in [-0.25, -0.2) is 0 Å². The number of nitriles is 1. The van der Waals surface area contributed by atoms with Gasteiger partial charge in [0.05, 0.1) is 17.9 Å². The van der Waals surface area contributed by atoms with E-state index in [4.69, 9.17) is 10.00 Å². The molecule has 2 aromatic rings. The number of benzene rings is 1. The van der Waals surface area contributed by atoms with Crippen molar-refractivity contribution < 1.29 is 9.84 Å². The number of phenolic OH excluding ortho intramolecular Hbond substituents is 1. The lowest BCUT2D eigenvalue weighted by molar-refractivity contribution is 0.335. The van der Waals surface area contributed by atoms with Crippen molar-refractivity contribution >= 4 is 11.4 Å². The molecule has 0 radical (unpaired) electrons. The van der Waals surface area contributed by atoms with Crippen LogP contribution in [0, 0.1) is 11.3 Å². The lowest BCUT2D eigenvalue weighted by Crippen LogP contribution is -2.35. The summed E-state index contributed by atoms with van der Waals surface area (Å²) in [5, 5.41) is 21.2. The number of aromatic hydroxyl groups is 1. The largest absolute Gasteiger partial charge is 0.506 e. The van der Waals surface area contributed by atoms with Crippen LogP contribution in [0.1, 0.15) is 12.5 Å². The van der Waals surface area contributed by atoms with Crippen LogP contribution in [0.5, 0.6) is 11.5 Å². The zero-order chi connectivity index (χ0) is 14.0. The third-order valence-corrected chi connectivity index (χ3v) is 2.57. The van der Waals surface area contributed by atoms with Gasteiger partial charge in [-0.3, -0.25) is 9.59 Å². The summed E-state index contributed by atoms with van der Waals surface area (Å²) < 4.78 is 5.04. The van der Waals surface area contributed by atoms with Gasteiger partial charge in [-0.15, -0.1) is 0 Å². The van der Waals surface area contributed by atoms with E-state index in [0.717, 1.165) is 0 Å². The fourth-order valence-electron chi connectivity index (χ4n) is 1.66. The van der Waals surface area contributed by atoms with Gasteiger partial charge < -0.3 is 15.2 Å². The van der Waals surface area contributed by atoms with Gasteiger partial charge in [0.2, 0.25) is 0 Å². The standard InChI is InChI=1S/C13H10N2O4/c1-2-19-13-10(11(17)12(13)18)15-9-7(6-14)4-3-5-8(9)16/h3-5,15-16H,2H2,1H3. The molecule has 2 aromatic carbocycles. The number of hydrogen-bond donors (Lipinski definition) is 2. The molecule has 0 atom stereocenters. The lowest BCUT2D eigenvalue weighted by atomic mass is 10.1. The van der Waals surface area contributed by atoms with E-state index in [0.29, 0.717) is 0 Å². The molecule has 96 valence electrons. The molecule has 2 rings (SSSR count). The van der Waals surface area contributed by atoms with Crippen LogP contribution < -0.4 is 20.9 Å². The smallest absolute Gasteiger partial charge is 0.272 e. The fourth-order valence-corrected chi connectivity index (χ4v) is 1.66. The Hall–Kier alpha value is -2.81. The first-order chi connectivity index (χ1) is 9.10. The van der Waals surface area contributed by atoms with Gasteiger partial charge in [0.25, 0.3) is 10.9 Å². The van der Waals surface area contributed by atoms with Gasteiger partial charge in [-0.2, -0.15) is 5.26 Å².